The molecule has 1 heterocycles. The van der Waals surface area contributed by atoms with Gasteiger partial charge in [0.25, 0.3) is 5.91 Å². The summed E-state index contributed by atoms with van der Waals surface area (Å²) in [5, 5.41) is 2.39. The molecule has 1 aromatic carbocycles. The second-order valence-electron chi connectivity index (χ2n) is 4.85. The average Bonchev–Trinajstić information content (AvgIpc) is 3.19. The van der Waals surface area contributed by atoms with E-state index < -0.39 is 30.4 Å². The summed E-state index contributed by atoms with van der Waals surface area (Å²) in [6.45, 7) is -0.622. The van der Waals surface area contributed by atoms with Crippen LogP contribution >= 0.6 is 0 Å². The zero-order chi connectivity index (χ0) is 19.1. The SMILES string of the molecule is COC(=O)c1ccc(C(=O)OC)c(NC(=O)COC(=O)c2ccco2)c1. The van der Waals surface area contributed by atoms with Crippen LogP contribution in [0.3, 0.4) is 0 Å². The lowest BCUT2D eigenvalue weighted by Crippen LogP contribution is -2.22. The largest absolute Gasteiger partial charge is 0.465 e. The third kappa shape index (κ3) is 4.47. The number of carbonyl (C=O) groups is 4. The quantitative estimate of drug-likeness (QED) is 0.609. The third-order valence-corrected chi connectivity index (χ3v) is 3.18. The highest BCUT2D eigenvalue weighted by Crippen LogP contribution is 2.20. The molecule has 9 heteroatoms. The number of hydrogen-bond donors (Lipinski definition) is 1. The Bertz CT molecular complexity index is 825. The zero-order valence-corrected chi connectivity index (χ0v) is 13.9. The van der Waals surface area contributed by atoms with E-state index in [2.05, 4.69) is 14.8 Å². The number of carbonyl (C=O) groups excluding carboxylic acids is 4. The molecule has 1 aromatic heterocycles. The van der Waals surface area contributed by atoms with Gasteiger partial charge in [-0.05, 0) is 30.3 Å². The molecule has 0 aliphatic carbocycles. The average molecular weight is 361 g/mol. The van der Waals surface area contributed by atoms with Gasteiger partial charge >= 0.3 is 17.9 Å². The molecule has 136 valence electrons. The molecule has 0 fully saturated rings. The van der Waals surface area contributed by atoms with E-state index in [9.17, 15) is 19.2 Å². The molecular formula is C17H15NO8. The predicted octanol–water partition coefficient (Wildman–Crippen LogP) is 1.65. The molecule has 0 aliphatic rings. The highest BCUT2D eigenvalue weighted by atomic mass is 16.5. The van der Waals surface area contributed by atoms with E-state index in [0.29, 0.717) is 0 Å². The van der Waals surface area contributed by atoms with E-state index >= 15 is 0 Å². The number of esters is 3. The topological polar surface area (TPSA) is 121 Å². The highest BCUT2D eigenvalue weighted by molar-refractivity contribution is 6.04. The van der Waals surface area contributed by atoms with Gasteiger partial charge in [-0.2, -0.15) is 0 Å². The van der Waals surface area contributed by atoms with Crippen molar-refractivity contribution in [3.8, 4) is 0 Å². The van der Waals surface area contributed by atoms with Gasteiger partial charge in [-0.15, -0.1) is 0 Å². The van der Waals surface area contributed by atoms with Crippen LogP contribution in [0.1, 0.15) is 31.3 Å². The van der Waals surface area contributed by atoms with E-state index in [1.54, 1.807) is 0 Å². The molecule has 1 amide bonds. The maximum absolute atomic E-state index is 12.0. The molecule has 0 saturated carbocycles. The molecule has 0 radical (unpaired) electrons. The summed E-state index contributed by atoms with van der Waals surface area (Å²) < 4.78 is 18.9. The number of anilines is 1. The fraction of sp³-hybridized carbons (Fsp3) is 0.176. The Labute approximate surface area is 147 Å². The first-order valence-electron chi connectivity index (χ1n) is 7.27. The molecule has 0 unspecified atom stereocenters. The molecule has 26 heavy (non-hydrogen) atoms. The number of hydrogen-bond acceptors (Lipinski definition) is 8. The molecule has 9 nitrogen and oxygen atoms in total. The van der Waals surface area contributed by atoms with Crippen molar-refractivity contribution in [1.82, 2.24) is 0 Å². The van der Waals surface area contributed by atoms with Crippen LogP contribution in [-0.2, 0) is 19.0 Å². The first kappa shape index (κ1) is 18.7. The maximum atomic E-state index is 12.0. The Morgan fingerprint density at radius 2 is 1.73 bits per heavy atom. The summed E-state index contributed by atoms with van der Waals surface area (Å²) in [4.78, 5) is 47.1. The van der Waals surface area contributed by atoms with Crippen LogP contribution in [0.15, 0.2) is 41.0 Å². The summed E-state index contributed by atoms with van der Waals surface area (Å²) in [6, 6.07) is 6.80. The van der Waals surface area contributed by atoms with Gasteiger partial charge in [0.15, 0.2) is 6.61 Å². The second-order valence-corrected chi connectivity index (χ2v) is 4.85. The van der Waals surface area contributed by atoms with Crippen LogP contribution < -0.4 is 5.32 Å². The number of nitrogens with one attached hydrogen (secondary N) is 1. The van der Waals surface area contributed by atoms with Crippen molar-refractivity contribution in [3.63, 3.8) is 0 Å². The van der Waals surface area contributed by atoms with Gasteiger partial charge in [0.2, 0.25) is 5.76 Å². The van der Waals surface area contributed by atoms with Gasteiger partial charge in [-0.25, -0.2) is 14.4 Å². The van der Waals surface area contributed by atoms with E-state index in [1.807, 2.05) is 0 Å². The Morgan fingerprint density at radius 1 is 1.00 bits per heavy atom. The van der Waals surface area contributed by atoms with Crippen LogP contribution in [0.25, 0.3) is 0 Å². The Balaban J connectivity index is 2.12. The van der Waals surface area contributed by atoms with Gasteiger partial charge < -0.3 is 23.9 Å². The third-order valence-electron chi connectivity index (χ3n) is 3.18. The Hall–Kier alpha value is -3.62. The van der Waals surface area contributed by atoms with Gasteiger partial charge in [0.1, 0.15) is 0 Å². The van der Waals surface area contributed by atoms with E-state index in [1.165, 1.54) is 50.8 Å². The fourth-order valence-electron chi connectivity index (χ4n) is 1.96. The number of methoxy groups -OCH3 is 2. The van der Waals surface area contributed by atoms with Crippen molar-refractivity contribution in [3.05, 3.63) is 53.5 Å². The molecule has 0 spiro atoms. The Morgan fingerprint density at radius 3 is 2.35 bits per heavy atom. The summed E-state index contributed by atoms with van der Waals surface area (Å²) in [7, 11) is 2.37. The maximum Gasteiger partial charge on any atom is 0.374 e. The fourth-order valence-corrected chi connectivity index (χ4v) is 1.96. The molecular weight excluding hydrogens is 346 g/mol. The summed E-state index contributed by atoms with van der Waals surface area (Å²) in [5.74, 6) is -2.97. The van der Waals surface area contributed by atoms with E-state index in [-0.39, 0.29) is 22.6 Å². The van der Waals surface area contributed by atoms with Crippen molar-refractivity contribution in [2.24, 2.45) is 0 Å². The van der Waals surface area contributed by atoms with Crippen molar-refractivity contribution in [2.45, 2.75) is 0 Å². The zero-order valence-electron chi connectivity index (χ0n) is 13.9. The minimum absolute atomic E-state index is 0.0128. The normalized spacial score (nSPS) is 9.92. The van der Waals surface area contributed by atoms with Crippen molar-refractivity contribution in [1.29, 1.82) is 0 Å². The summed E-state index contributed by atoms with van der Waals surface area (Å²) in [5.41, 5.74) is 0.146. The van der Waals surface area contributed by atoms with E-state index in [4.69, 9.17) is 9.15 Å². The van der Waals surface area contributed by atoms with Crippen molar-refractivity contribution >= 4 is 29.5 Å². The monoisotopic (exact) mass is 361 g/mol. The van der Waals surface area contributed by atoms with Crippen LogP contribution in [0.5, 0.6) is 0 Å². The molecule has 0 atom stereocenters. The number of benzene rings is 1. The Kier molecular flexibility index (Phi) is 6.10. The molecule has 1 N–H and O–H groups in total. The van der Waals surface area contributed by atoms with Crippen LogP contribution in [0.4, 0.5) is 5.69 Å². The predicted molar refractivity (Wildman–Crippen MR) is 86.7 cm³/mol. The number of furan rings is 1. The lowest BCUT2D eigenvalue weighted by molar-refractivity contribution is -0.119. The van der Waals surface area contributed by atoms with Crippen molar-refractivity contribution in [2.75, 3.05) is 26.1 Å². The molecule has 0 saturated heterocycles. The first-order valence-corrected chi connectivity index (χ1v) is 7.27. The standard InChI is InChI=1S/C17H15NO8/c1-23-15(20)10-5-6-11(16(21)24-2)12(8-10)18-14(19)9-26-17(22)13-4-3-7-25-13/h3-8H,9H2,1-2H3,(H,18,19). The van der Waals surface area contributed by atoms with Crippen LogP contribution in [0.2, 0.25) is 0 Å². The summed E-state index contributed by atoms with van der Waals surface area (Å²) >= 11 is 0. The van der Waals surface area contributed by atoms with Crippen molar-refractivity contribution < 1.29 is 37.8 Å². The number of rotatable bonds is 6. The lowest BCUT2D eigenvalue weighted by Gasteiger charge is -2.11. The van der Waals surface area contributed by atoms with Crippen LogP contribution in [-0.4, -0.2) is 44.6 Å². The second kappa shape index (κ2) is 8.47. The number of amides is 1. The van der Waals surface area contributed by atoms with Gasteiger partial charge in [-0.3, -0.25) is 4.79 Å². The molecule has 0 aliphatic heterocycles. The van der Waals surface area contributed by atoms with Gasteiger partial charge in [0.05, 0.1) is 37.3 Å². The molecule has 2 rings (SSSR count). The highest BCUT2D eigenvalue weighted by Gasteiger charge is 2.18. The number of ether oxygens (including phenoxy) is 3. The summed E-state index contributed by atoms with van der Waals surface area (Å²) in [6.07, 6.45) is 1.29. The van der Waals surface area contributed by atoms with Crippen LogP contribution in [0, 0.1) is 0 Å². The first-order chi connectivity index (χ1) is 12.5. The minimum Gasteiger partial charge on any atom is -0.465 e. The molecule has 0 bridgehead atoms. The van der Waals surface area contributed by atoms with Gasteiger partial charge in [0, 0.05) is 0 Å². The molecule has 2 aromatic rings. The van der Waals surface area contributed by atoms with E-state index in [0.717, 1.165) is 0 Å². The van der Waals surface area contributed by atoms with Gasteiger partial charge in [-0.1, -0.05) is 0 Å². The smallest absolute Gasteiger partial charge is 0.374 e. The lowest BCUT2D eigenvalue weighted by atomic mass is 10.1. The minimum atomic E-state index is -0.818.